The summed E-state index contributed by atoms with van der Waals surface area (Å²) in [5.74, 6) is -0.231. The van der Waals surface area contributed by atoms with E-state index in [9.17, 15) is 4.79 Å². The summed E-state index contributed by atoms with van der Waals surface area (Å²) in [6.07, 6.45) is 5.81. The molecule has 144 valence electrons. The molecule has 0 aliphatic carbocycles. The molecule has 0 bridgehead atoms. The number of aromatic amines is 1. The minimum atomic E-state index is -0.231. The van der Waals surface area contributed by atoms with Gasteiger partial charge in [-0.25, -0.2) is 4.98 Å². The summed E-state index contributed by atoms with van der Waals surface area (Å²) in [5.41, 5.74) is 5.07. The van der Waals surface area contributed by atoms with Gasteiger partial charge in [-0.1, -0.05) is 66.7 Å². The molecule has 1 N–H and O–H groups in total. The number of carbonyl (C=O) groups is 1. The molecule has 0 amide bonds. The van der Waals surface area contributed by atoms with Gasteiger partial charge in [-0.05, 0) is 40.5 Å². The number of allylic oxidation sites excluding steroid dienone is 1. The van der Waals surface area contributed by atoms with E-state index in [1.165, 1.54) is 0 Å². The lowest BCUT2D eigenvalue weighted by molar-refractivity contribution is -0.144. The van der Waals surface area contributed by atoms with Crippen LogP contribution in [-0.4, -0.2) is 15.9 Å². The normalized spacial score (nSPS) is 11.6. The molecule has 0 aliphatic rings. The van der Waals surface area contributed by atoms with Gasteiger partial charge in [0.05, 0.1) is 24.6 Å². The number of hydrogen-bond donors (Lipinski definition) is 1. The molecule has 0 saturated heterocycles. The van der Waals surface area contributed by atoms with Crippen LogP contribution in [0.1, 0.15) is 29.3 Å². The Bertz CT molecular complexity index is 1150. The second kappa shape index (κ2) is 8.57. The second-order valence-corrected chi connectivity index (χ2v) is 6.85. The summed E-state index contributed by atoms with van der Waals surface area (Å²) in [4.78, 5) is 19.7. The smallest absolute Gasteiger partial charge is 0.310 e. The number of hydrogen-bond acceptors (Lipinski definition) is 3. The molecule has 1 aromatic heterocycles. The third kappa shape index (κ3) is 4.27. The van der Waals surface area contributed by atoms with Gasteiger partial charge in [0.15, 0.2) is 0 Å². The molecule has 0 saturated carbocycles. The van der Waals surface area contributed by atoms with Crippen molar-refractivity contribution in [3.63, 3.8) is 0 Å². The van der Waals surface area contributed by atoms with Crippen LogP contribution in [0.2, 0.25) is 0 Å². The quantitative estimate of drug-likeness (QED) is 0.460. The molecule has 29 heavy (non-hydrogen) atoms. The van der Waals surface area contributed by atoms with Crippen molar-refractivity contribution in [1.29, 1.82) is 0 Å². The monoisotopic (exact) mass is 382 g/mol. The molecule has 4 nitrogen and oxygen atoms in total. The zero-order valence-electron chi connectivity index (χ0n) is 16.3. The topological polar surface area (TPSA) is 55.0 Å². The van der Waals surface area contributed by atoms with Crippen LogP contribution in [0.5, 0.6) is 0 Å². The molecule has 0 unspecified atom stereocenters. The van der Waals surface area contributed by atoms with E-state index in [2.05, 4.69) is 40.3 Å². The highest BCUT2D eigenvalue weighted by molar-refractivity contribution is 5.97. The highest BCUT2D eigenvalue weighted by Gasteiger charge is 2.12. The number of nitrogens with zero attached hydrogens (tertiary/aromatic N) is 1. The minimum Gasteiger partial charge on any atom is -0.461 e. The standard InChI is InChI=1S/C25H22N2O2/c1-2-21(24-15-26-17-27-24)22-10-6-9-20-12-11-19(13-23(20)22)14-25(28)29-16-18-7-4-3-5-8-18/h2-13,15,17H,14,16H2,1H3,(H,26,27). The molecule has 4 aromatic rings. The predicted octanol–water partition coefficient (Wildman–Crippen LogP) is 5.30. The van der Waals surface area contributed by atoms with Crippen LogP contribution in [-0.2, 0) is 22.6 Å². The van der Waals surface area contributed by atoms with Crippen molar-refractivity contribution in [3.05, 3.63) is 108 Å². The highest BCUT2D eigenvalue weighted by atomic mass is 16.5. The Hall–Kier alpha value is -3.66. The third-order valence-corrected chi connectivity index (χ3v) is 4.90. The second-order valence-electron chi connectivity index (χ2n) is 6.85. The van der Waals surface area contributed by atoms with E-state index >= 15 is 0 Å². The fraction of sp³-hybridized carbons (Fsp3) is 0.120. The molecule has 0 aliphatic heterocycles. The van der Waals surface area contributed by atoms with Crippen LogP contribution in [0.4, 0.5) is 0 Å². The molecule has 1 heterocycles. The Kier molecular flexibility index (Phi) is 5.52. The number of ether oxygens (including phenoxy) is 1. The van der Waals surface area contributed by atoms with Gasteiger partial charge in [0.1, 0.15) is 6.61 Å². The average Bonchev–Trinajstić information content (AvgIpc) is 3.28. The van der Waals surface area contributed by atoms with Crippen LogP contribution >= 0.6 is 0 Å². The number of imidazole rings is 1. The first kappa shape index (κ1) is 18.7. The van der Waals surface area contributed by atoms with Gasteiger partial charge in [-0.3, -0.25) is 4.79 Å². The van der Waals surface area contributed by atoms with Crippen molar-refractivity contribution in [1.82, 2.24) is 9.97 Å². The first-order valence-corrected chi connectivity index (χ1v) is 9.61. The van der Waals surface area contributed by atoms with E-state index in [1.54, 1.807) is 6.33 Å². The molecule has 4 heteroatoms. The van der Waals surface area contributed by atoms with Gasteiger partial charge in [0.25, 0.3) is 0 Å². The lowest BCUT2D eigenvalue weighted by Crippen LogP contribution is -2.08. The maximum Gasteiger partial charge on any atom is 0.310 e. The van der Waals surface area contributed by atoms with Crippen LogP contribution < -0.4 is 0 Å². The number of H-pyrrole nitrogens is 1. The summed E-state index contributed by atoms with van der Waals surface area (Å²) >= 11 is 0. The van der Waals surface area contributed by atoms with Crippen molar-refractivity contribution in [3.8, 4) is 0 Å². The van der Waals surface area contributed by atoms with Gasteiger partial charge in [0, 0.05) is 5.57 Å². The molecule has 0 spiro atoms. The maximum atomic E-state index is 12.3. The predicted molar refractivity (Wildman–Crippen MR) is 115 cm³/mol. The molecular formula is C25H22N2O2. The number of benzene rings is 3. The Morgan fingerprint density at radius 2 is 1.90 bits per heavy atom. The minimum absolute atomic E-state index is 0.231. The summed E-state index contributed by atoms with van der Waals surface area (Å²) in [6, 6.07) is 22.1. The Balaban J connectivity index is 1.58. The number of esters is 1. The third-order valence-electron chi connectivity index (χ3n) is 4.90. The Labute approximate surface area is 169 Å². The van der Waals surface area contributed by atoms with Crippen molar-refractivity contribution in [2.75, 3.05) is 0 Å². The summed E-state index contributed by atoms with van der Waals surface area (Å²) in [5, 5.41) is 2.23. The number of aromatic nitrogens is 2. The van der Waals surface area contributed by atoms with Gasteiger partial charge < -0.3 is 9.72 Å². The fourth-order valence-corrected chi connectivity index (χ4v) is 3.48. The molecule has 0 atom stereocenters. The van der Waals surface area contributed by atoms with E-state index in [-0.39, 0.29) is 12.4 Å². The van der Waals surface area contributed by atoms with E-state index in [4.69, 9.17) is 4.74 Å². The molecule has 3 aromatic carbocycles. The van der Waals surface area contributed by atoms with Gasteiger partial charge in [-0.15, -0.1) is 0 Å². The lowest BCUT2D eigenvalue weighted by Gasteiger charge is -2.11. The summed E-state index contributed by atoms with van der Waals surface area (Å²) < 4.78 is 5.44. The van der Waals surface area contributed by atoms with Crippen LogP contribution in [0.25, 0.3) is 16.3 Å². The number of nitrogens with one attached hydrogen (secondary N) is 1. The van der Waals surface area contributed by atoms with E-state index in [0.29, 0.717) is 6.61 Å². The maximum absolute atomic E-state index is 12.3. The number of carbonyl (C=O) groups excluding carboxylic acids is 1. The van der Waals surface area contributed by atoms with Gasteiger partial charge in [-0.2, -0.15) is 0 Å². The zero-order valence-corrected chi connectivity index (χ0v) is 16.3. The van der Waals surface area contributed by atoms with Crippen LogP contribution in [0, 0.1) is 0 Å². The number of fused-ring (bicyclic) bond motifs is 1. The van der Waals surface area contributed by atoms with Crippen molar-refractivity contribution in [2.24, 2.45) is 0 Å². The van der Waals surface area contributed by atoms with Crippen molar-refractivity contribution < 1.29 is 9.53 Å². The zero-order chi connectivity index (χ0) is 20.1. The molecule has 0 fully saturated rings. The van der Waals surface area contributed by atoms with E-state index < -0.39 is 0 Å². The largest absolute Gasteiger partial charge is 0.461 e. The van der Waals surface area contributed by atoms with Crippen molar-refractivity contribution in [2.45, 2.75) is 20.0 Å². The van der Waals surface area contributed by atoms with Crippen LogP contribution in [0.15, 0.2) is 85.3 Å². The van der Waals surface area contributed by atoms with Crippen LogP contribution in [0.3, 0.4) is 0 Å². The first-order valence-electron chi connectivity index (χ1n) is 9.61. The number of rotatable bonds is 6. The molecule has 4 rings (SSSR count). The lowest BCUT2D eigenvalue weighted by atomic mass is 9.94. The average molecular weight is 382 g/mol. The SMILES string of the molecule is CC=C(c1cnc[nH]1)c1cccc2ccc(CC(=O)OCc3ccccc3)cc12. The van der Waals surface area contributed by atoms with E-state index in [1.807, 2.05) is 55.6 Å². The van der Waals surface area contributed by atoms with E-state index in [0.717, 1.165) is 38.7 Å². The first-order chi connectivity index (χ1) is 14.2. The molecular weight excluding hydrogens is 360 g/mol. The summed E-state index contributed by atoms with van der Waals surface area (Å²) in [7, 11) is 0. The fourth-order valence-electron chi connectivity index (χ4n) is 3.48. The molecule has 0 radical (unpaired) electrons. The van der Waals surface area contributed by atoms with Gasteiger partial charge in [0.2, 0.25) is 0 Å². The highest BCUT2D eigenvalue weighted by Crippen LogP contribution is 2.29. The Morgan fingerprint density at radius 1 is 1.03 bits per heavy atom. The summed E-state index contributed by atoms with van der Waals surface area (Å²) in [6.45, 7) is 2.31. The Morgan fingerprint density at radius 3 is 2.66 bits per heavy atom. The van der Waals surface area contributed by atoms with Crippen molar-refractivity contribution >= 4 is 22.3 Å². The van der Waals surface area contributed by atoms with Gasteiger partial charge >= 0.3 is 5.97 Å².